The zero-order chi connectivity index (χ0) is 25.8. The Kier molecular flexibility index (Phi) is 7.27. The van der Waals surface area contributed by atoms with Crippen LogP contribution in [0.4, 0.5) is 17.1 Å². The van der Waals surface area contributed by atoms with Crippen molar-refractivity contribution < 1.29 is 24.1 Å². The van der Waals surface area contributed by atoms with Crippen molar-refractivity contribution in [1.82, 2.24) is 0 Å². The average molecular weight is 524 g/mol. The number of non-ortho nitro benzene ring substituents is 1. The summed E-state index contributed by atoms with van der Waals surface area (Å²) in [6.45, 7) is -0.0270. The zero-order valence-electron chi connectivity index (χ0n) is 18.7. The molecule has 0 saturated carbocycles. The van der Waals surface area contributed by atoms with Crippen molar-refractivity contribution in [3.63, 3.8) is 0 Å². The molecule has 3 aromatic carbocycles. The summed E-state index contributed by atoms with van der Waals surface area (Å²) in [5.74, 6) is 0.411. The molecule has 0 unspecified atom stereocenters. The fourth-order valence-electron chi connectivity index (χ4n) is 3.42. The van der Waals surface area contributed by atoms with E-state index in [1.54, 1.807) is 42.5 Å². The molecule has 4 rings (SSSR count). The number of nitro benzene ring substituents is 2. The molecule has 36 heavy (non-hydrogen) atoms. The molecule has 1 aliphatic heterocycles. The standard InChI is InChI=1S/C24H17N3O7S2/c1-33-21-12-15(6-11-20(21)34-14-16-4-2-3-5-19(16)27(31)32)13-22-23(28)25(24(35)36-22)17-7-9-18(10-8-17)26(29)30/h2-13H,14H2,1H3/b22-13+. The Morgan fingerprint density at radius 1 is 1.00 bits per heavy atom. The molecule has 0 atom stereocenters. The van der Waals surface area contributed by atoms with E-state index in [-0.39, 0.29) is 23.9 Å². The van der Waals surface area contributed by atoms with E-state index in [9.17, 15) is 25.0 Å². The molecule has 10 nitrogen and oxygen atoms in total. The number of hydrogen-bond donors (Lipinski definition) is 0. The van der Waals surface area contributed by atoms with Gasteiger partial charge in [0, 0.05) is 18.2 Å². The van der Waals surface area contributed by atoms with Crippen molar-refractivity contribution in [3.8, 4) is 11.5 Å². The molecule has 1 heterocycles. The minimum atomic E-state index is -0.518. The largest absolute Gasteiger partial charge is 0.493 e. The molecule has 0 aliphatic carbocycles. The van der Waals surface area contributed by atoms with Crippen molar-refractivity contribution >= 4 is 57.3 Å². The number of nitro groups is 2. The number of thioether (sulfide) groups is 1. The van der Waals surface area contributed by atoms with Gasteiger partial charge in [-0.05, 0) is 42.0 Å². The highest BCUT2D eigenvalue weighted by Crippen LogP contribution is 2.38. The Hall–Kier alpha value is -4.29. The number of thiocarbonyl (C=S) groups is 1. The van der Waals surface area contributed by atoms with Gasteiger partial charge < -0.3 is 9.47 Å². The number of amides is 1. The van der Waals surface area contributed by atoms with Crippen molar-refractivity contribution in [3.05, 3.63) is 103 Å². The van der Waals surface area contributed by atoms with E-state index in [4.69, 9.17) is 21.7 Å². The molecule has 0 radical (unpaired) electrons. The fraction of sp³-hybridized carbons (Fsp3) is 0.0833. The number of carbonyl (C=O) groups is 1. The molecule has 0 spiro atoms. The topological polar surface area (TPSA) is 125 Å². The molecule has 3 aromatic rings. The molecule has 0 bridgehead atoms. The van der Waals surface area contributed by atoms with Crippen LogP contribution < -0.4 is 14.4 Å². The van der Waals surface area contributed by atoms with E-state index in [1.165, 1.54) is 42.3 Å². The number of rotatable bonds is 8. The van der Waals surface area contributed by atoms with Crippen LogP contribution in [0.15, 0.2) is 71.6 Å². The first-order chi connectivity index (χ1) is 17.3. The summed E-state index contributed by atoms with van der Waals surface area (Å²) in [6, 6.07) is 16.9. The number of methoxy groups -OCH3 is 1. The number of anilines is 1. The summed E-state index contributed by atoms with van der Waals surface area (Å²) >= 11 is 6.47. The van der Waals surface area contributed by atoms with E-state index < -0.39 is 9.85 Å². The van der Waals surface area contributed by atoms with Crippen LogP contribution in [0.1, 0.15) is 11.1 Å². The van der Waals surface area contributed by atoms with E-state index in [0.29, 0.717) is 37.5 Å². The van der Waals surface area contributed by atoms with Gasteiger partial charge in [-0.3, -0.25) is 29.9 Å². The third-order valence-electron chi connectivity index (χ3n) is 5.17. The summed E-state index contributed by atoms with van der Waals surface area (Å²) in [4.78, 5) is 35.8. The molecule has 0 aromatic heterocycles. The second-order valence-electron chi connectivity index (χ2n) is 7.38. The lowest BCUT2D eigenvalue weighted by Gasteiger charge is -2.14. The van der Waals surface area contributed by atoms with Crippen LogP contribution >= 0.6 is 24.0 Å². The third-order valence-corrected chi connectivity index (χ3v) is 6.47. The van der Waals surface area contributed by atoms with Crippen LogP contribution in [0, 0.1) is 20.2 Å². The Bertz CT molecular complexity index is 1410. The normalized spacial score (nSPS) is 14.2. The van der Waals surface area contributed by atoms with Gasteiger partial charge in [-0.2, -0.15) is 0 Å². The number of ether oxygens (including phenoxy) is 2. The maximum atomic E-state index is 13.0. The van der Waals surface area contributed by atoms with E-state index in [2.05, 4.69) is 0 Å². The van der Waals surface area contributed by atoms with Crippen LogP contribution in [0.2, 0.25) is 0 Å². The second kappa shape index (κ2) is 10.5. The Labute approximate surface area is 214 Å². The molecule has 1 fully saturated rings. The first kappa shape index (κ1) is 24.8. The molecule has 1 amide bonds. The van der Waals surface area contributed by atoms with Gasteiger partial charge in [0.25, 0.3) is 17.3 Å². The predicted octanol–water partition coefficient (Wildman–Crippen LogP) is 5.50. The lowest BCUT2D eigenvalue weighted by molar-refractivity contribution is -0.385. The monoisotopic (exact) mass is 523 g/mol. The van der Waals surface area contributed by atoms with Gasteiger partial charge in [0.05, 0.1) is 33.1 Å². The zero-order valence-corrected chi connectivity index (χ0v) is 20.3. The van der Waals surface area contributed by atoms with Crippen LogP contribution in [0.3, 0.4) is 0 Å². The third kappa shape index (κ3) is 5.19. The van der Waals surface area contributed by atoms with Gasteiger partial charge >= 0.3 is 0 Å². The SMILES string of the molecule is COc1cc(/C=C2/SC(=S)N(c3ccc([N+](=O)[O-])cc3)C2=O)ccc1OCc1ccccc1[N+](=O)[O-]. The smallest absolute Gasteiger partial charge is 0.276 e. The van der Waals surface area contributed by atoms with Gasteiger partial charge in [-0.25, -0.2) is 0 Å². The quantitative estimate of drug-likeness (QED) is 0.163. The van der Waals surface area contributed by atoms with E-state index in [0.717, 1.165) is 11.8 Å². The second-order valence-corrected chi connectivity index (χ2v) is 9.05. The van der Waals surface area contributed by atoms with Crippen molar-refractivity contribution in [2.24, 2.45) is 0 Å². The Morgan fingerprint density at radius 2 is 1.72 bits per heavy atom. The van der Waals surface area contributed by atoms with E-state index >= 15 is 0 Å². The van der Waals surface area contributed by atoms with Crippen LogP contribution in [-0.2, 0) is 11.4 Å². The molecule has 182 valence electrons. The van der Waals surface area contributed by atoms with Crippen molar-refractivity contribution in [2.45, 2.75) is 6.61 Å². The van der Waals surface area contributed by atoms with Gasteiger partial charge in [0.2, 0.25) is 0 Å². The summed E-state index contributed by atoms with van der Waals surface area (Å²) in [7, 11) is 1.46. The highest BCUT2D eigenvalue weighted by atomic mass is 32.2. The van der Waals surface area contributed by atoms with Crippen molar-refractivity contribution in [2.75, 3.05) is 12.0 Å². The lowest BCUT2D eigenvalue weighted by Crippen LogP contribution is -2.27. The molecule has 1 aliphatic rings. The number of para-hydroxylation sites is 1. The highest BCUT2D eigenvalue weighted by Gasteiger charge is 2.33. The summed E-state index contributed by atoms with van der Waals surface area (Å²) in [6.07, 6.45) is 1.65. The maximum Gasteiger partial charge on any atom is 0.276 e. The molecule has 0 N–H and O–H groups in total. The number of nitrogens with zero attached hydrogens (tertiary/aromatic N) is 3. The molecular weight excluding hydrogens is 506 g/mol. The molecule has 1 saturated heterocycles. The lowest BCUT2D eigenvalue weighted by atomic mass is 10.1. The number of benzene rings is 3. The molecule has 12 heteroatoms. The Balaban J connectivity index is 1.53. The maximum absolute atomic E-state index is 13.0. The fourth-order valence-corrected chi connectivity index (χ4v) is 4.72. The summed E-state index contributed by atoms with van der Waals surface area (Å²) in [5.41, 5.74) is 1.37. The van der Waals surface area contributed by atoms with Crippen LogP contribution in [-0.4, -0.2) is 27.2 Å². The molecular formula is C24H17N3O7S2. The summed E-state index contributed by atoms with van der Waals surface area (Å²) < 4.78 is 11.5. The predicted molar refractivity (Wildman–Crippen MR) is 139 cm³/mol. The van der Waals surface area contributed by atoms with E-state index in [1.807, 2.05) is 0 Å². The number of carbonyl (C=O) groups excluding carboxylic acids is 1. The minimum absolute atomic E-state index is 0.0270. The first-order valence-electron chi connectivity index (χ1n) is 10.3. The minimum Gasteiger partial charge on any atom is -0.493 e. The van der Waals surface area contributed by atoms with Gasteiger partial charge in [0.15, 0.2) is 15.8 Å². The van der Waals surface area contributed by atoms with Gasteiger partial charge in [-0.1, -0.05) is 42.2 Å². The Morgan fingerprint density at radius 3 is 2.39 bits per heavy atom. The number of hydrogen-bond acceptors (Lipinski definition) is 9. The van der Waals surface area contributed by atoms with Crippen molar-refractivity contribution in [1.29, 1.82) is 0 Å². The van der Waals surface area contributed by atoms with Crippen LogP contribution in [0.5, 0.6) is 11.5 Å². The van der Waals surface area contributed by atoms with Gasteiger partial charge in [-0.15, -0.1) is 0 Å². The summed E-state index contributed by atoms with van der Waals surface area (Å²) in [5, 5.41) is 22.1. The first-order valence-corrected chi connectivity index (χ1v) is 11.6. The van der Waals surface area contributed by atoms with Gasteiger partial charge in [0.1, 0.15) is 6.61 Å². The average Bonchev–Trinajstić information content (AvgIpc) is 3.15. The van der Waals surface area contributed by atoms with Crippen LogP contribution in [0.25, 0.3) is 6.08 Å². The highest BCUT2D eigenvalue weighted by molar-refractivity contribution is 8.27.